The number of nitrogens with two attached hydrogens (primary N) is 1. The summed E-state index contributed by atoms with van der Waals surface area (Å²) in [6.07, 6.45) is 0.0345. The molecule has 1 unspecified atom stereocenters. The Morgan fingerprint density at radius 2 is 1.81 bits per heavy atom. The Kier molecular flexibility index (Phi) is 3.75. The van der Waals surface area contributed by atoms with Crippen LogP contribution in [0.2, 0.25) is 0 Å². The second kappa shape index (κ2) is 4.89. The number of nitrogen functional groups attached to an aromatic ring is 1. The van der Waals surface area contributed by atoms with Gasteiger partial charge < -0.3 is 5.73 Å². The third-order valence-corrected chi connectivity index (χ3v) is 6.77. The van der Waals surface area contributed by atoms with Gasteiger partial charge in [0, 0.05) is 11.2 Å². The van der Waals surface area contributed by atoms with Gasteiger partial charge in [-0.15, -0.1) is 0 Å². The van der Waals surface area contributed by atoms with Crippen LogP contribution in [0, 0.1) is 11.6 Å². The predicted molar refractivity (Wildman–Crippen MR) is 72.8 cm³/mol. The summed E-state index contributed by atoms with van der Waals surface area (Å²) in [5.41, 5.74) is 3.68. The van der Waals surface area contributed by atoms with Gasteiger partial charge in [0.05, 0.1) is 11.5 Å². The van der Waals surface area contributed by atoms with E-state index in [0.717, 1.165) is 0 Å². The molecule has 1 fully saturated rings. The second-order valence-electron chi connectivity index (χ2n) is 5.32. The minimum absolute atomic E-state index is 0.0345. The Balaban J connectivity index is 2.41. The lowest BCUT2D eigenvalue weighted by Crippen LogP contribution is -2.47. The Morgan fingerprint density at radius 1 is 1.29 bits per heavy atom. The molecule has 118 valence electrons. The molecule has 1 aromatic carbocycles. The van der Waals surface area contributed by atoms with Crippen molar-refractivity contribution < 1.29 is 25.6 Å². The first-order chi connectivity index (χ1) is 9.44. The molecule has 1 aliphatic rings. The van der Waals surface area contributed by atoms with Crippen LogP contribution < -0.4 is 10.5 Å². The number of hydrogen-bond acceptors (Lipinski definition) is 5. The maximum absolute atomic E-state index is 13.7. The molecule has 1 saturated heterocycles. The summed E-state index contributed by atoms with van der Waals surface area (Å²) in [4.78, 5) is -1.16. The molecule has 0 spiro atoms. The largest absolute Gasteiger partial charge is 0.399 e. The van der Waals surface area contributed by atoms with Gasteiger partial charge in [-0.3, -0.25) is 0 Å². The summed E-state index contributed by atoms with van der Waals surface area (Å²) < 4.78 is 76.6. The van der Waals surface area contributed by atoms with E-state index >= 15 is 0 Å². The fourth-order valence-corrected chi connectivity index (χ4v) is 6.04. The first-order valence-corrected chi connectivity index (χ1v) is 9.24. The monoisotopic (exact) mass is 340 g/mol. The van der Waals surface area contributed by atoms with Crippen molar-refractivity contribution in [2.24, 2.45) is 0 Å². The number of rotatable bonds is 3. The van der Waals surface area contributed by atoms with E-state index in [1.807, 2.05) is 0 Å². The van der Waals surface area contributed by atoms with Gasteiger partial charge in [0.1, 0.15) is 11.6 Å². The predicted octanol–water partition coefficient (Wildman–Crippen LogP) is 0.403. The van der Waals surface area contributed by atoms with E-state index in [2.05, 4.69) is 4.72 Å². The molecule has 2 rings (SSSR count). The molecule has 6 nitrogen and oxygen atoms in total. The SMILES string of the molecule is CC1(NS(=O)(=O)c2c(F)cc(N)cc2F)CCS(=O)(=O)C1. The van der Waals surface area contributed by atoms with Crippen LogP contribution in [0.1, 0.15) is 13.3 Å². The molecule has 0 radical (unpaired) electrons. The van der Waals surface area contributed by atoms with Crippen molar-refractivity contribution in [1.29, 1.82) is 0 Å². The smallest absolute Gasteiger partial charge is 0.246 e. The number of sulfonamides is 1. The molecular weight excluding hydrogens is 326 g/mol. The summed E-state index contributed by atoms with van der Waals surface area (Å²) in [6.45, 7) is 1.38. The van der Waals surface area contributed by atoms with Crippen LogP contribution in [0.5, 0.6) is 0 Å². The highest BCUT2D eigenvalue weighted by molar-refractivity contribution is 7.92. The van der Waals surface area contributed by atoms with Gasteiger partial charge in [0.15, 0.2) is 14.7 Å². The molecule has 1 aliphatic heterocycles. The quantitative estimate of drug-likeness (QED) is 0.775. The lowest BCUT2D eigenvalue weighted by atomic mass is 10.0. The number of benzene rings is 1. The first-order valence-electron chi connectivity index (χ1n) is 5.93. The van der Waals surface area contributed by atoms with E-state index in [0.29, 0.717) is 12.1 Å². The first kappa shape index (κ1) is 16.1. The molecule has 0 bridgehead atoms. The zero-order valence-electron chi connectivity index (χ0n) is 11.1. The maximum atomic E-state index is 13.7. The molecule has 1 aromatic rings. The highest BCUT2D eigenvalue weighted by Crippen LogP contribution is 2.27. The molecule has 1 heterocycles. The van der Waals surface area contributed by atoms with Crippen LogP contribution in [0.25, 0.3) is 0 Å². The van der Waals surface area contributed by atoms with Crippen molar-refractivity contribution in [3.8, 4) is 0 Å². The van der Waals surface area contributed by atoms with E-state index < -0.39 is 47.7 Å². The minimum atomic E-state index is -4.55. The fourth-order valence-electron chi connectivity index (χ4n) is 2.30. The average Bonchev–Trinajstić information content (AvgIpc) is 2.48. The van der Waals surface area contributed by atoms with E-state index in [1.54, 1.807) is 0 Å². The van der Waals surface area contributed by atoms with Crippen LogP contribution in [0.15, 0.2) is 17.0 Å². The van der Waals surface area contributed by atoms with Crippen molar-refractivity contribution in [2.45, 2.75) is 23.8 Å². The third-order valence-electron chi connectivity index (χ3n) is 3.17. The van der Waals surface area contributed by atoms with Crippen LogP contribution in [-0.2, 0) is 19.9 Å². The van der Waals surface area contributed by atoms with E-state index in [9.17, 15) is 25.6 Å². The number of nitrogens with one attached hydrogen (secondary N) is 1. The van der Waals surface area contributed by atoms with Gasteiger partial charge in [-0.05, 0) is 25.5 Å². The van der Waals surface area contributed by atoms with Crippen molar-refractivity contribution in [3.05, 3.63) is 23.8 Å². The molecular formula is C11H14F2N2O4S2. The zero-order chi connectivity index (χ0) is 16.1. The fraction of sp³-hybridized carbons (Fsp3) is 0.455. The van der Waals surface area contributed by atoms with Gasteiger partial charge in [-0.1, -0.05) is 0 Å². The molecule has 0 saturated carbocycles. The minimum Gasteiger partial charge on any atom is -0.399 e. The Bertz CT molecular complexity index is 769. The molecule has 10 heteroatoms. The molecule has 21 heavy (non-hydrogen) atoms. The standard InChI is InChI=1S/C11H14F2N2O4S2/c1-11(2-3-20(16,17)6-11)15-21(18,19)10-8(12)4-7(14)5-9(10)13/h4-5,15H,2-3,6,14H2,1H3. The van der Waals surface area contributed by atoms with Crippen molar-refractivity contribution in [1.82, 2.24) is 4.72 Å². The van der Waals surface area contributed by atoms with Crippen molar-refractivity contribution >= 4 is 25.5 Å². The van der Waals surface area contributed by atoms with Gasteiger partial charge >= 0.3 is 0 Å². The molecule has 3 N–H and O–H groups in total. The number of halogens is 2. The molecule has 0 aliphatic carbocycles. The van der Waals surface area contributed by atoms with Crippen molar-refractivity contribution in [2.75, 3.05) is 17.2 Å². The molecule has 0 aromatic heterocycles. The summed E-state index contributed by atoms with van der Waals surface area (Å²) in [5, 5.41) is 0. The van der Waals surface area contributed by atoms with Crippen LogP contribution in [0.3, 0.4) is 0 Å². The van der Waals surface area contributed by atoms with Crippen LogP contribution in [-0.4, -0.2) is 33.9 Å². The molecule has 0 amide bonds. The Labute approximate surface area is 121 Å². The normalized spacial score (nSPS) is 25.1. The summed E-state index contributed by atoms with van der Waals surface area (Å²) in [6, 6.07) is 1.37. The highest BCUT2D eigenvalue weighted by atomic mass is 32.2. The van der Waals surface area contributed by atoms with Gasteiger partial charge in [-0.25, -0.2) is 30.3 Å². The third kappa shape index (κ3) is 3.33. The zero-order valence-corrected chi connectivity index (χ0v) is 12.7. The van der Waals surface area contributed by atoms with Crippen molar-refractivity contribution in [3.63, 3.8) is 0 Å². The van der Waals surface area contributed by atoms with E-state index in [1.165, 1.54) is 6.92 Å². The second-order valence-corrected chi connectivity index (χ2v) is 9.13. The maximum Gasteiger partial charge on any atom is 0.246 e. The number of sulfone groups is 1. The van der Waals surface area contributed by atoms with Crippen LogP contribution >= 0.6 is 0 Å². The van der Waals surface area contributed by atoms with Crippen LogP contribution in [0.4, 0.5) is 14.5 Å². The van der Waals surface area contributed by atoms with Gasteiger partial charge in [0.2, 0.25) is 10.0 Å². The topological polar surface area (TPSA) is 106 Å². The lowest BCUT2D eigenvalue weighted by Gasteiger charge is -2.23. The average molecular weight is 340 g/mol. The van der Waals surface area contributed by atoms with Gasteiger partial charge in [0.25, 0.3) is 0 Å². The summed E-state index contributed by atoms with van der Waals surface area (Å²) in [5.74, 6) is -3.26. The lowest BCUT2D eigenvalue weighted by molar-refractivity contribution is 0.452. The number of hydrogen-bond donors (Lipinski definition) is 2. The van der Waals surface area contributed by atoms with Gasteiger partial charge in [-0.2, -0.15) is 0 Å². The summed E-state index contributed by atoms with van der Waals surface area (Å²) in [7, 11) is -7.92. The van der Waals surface area contributed by atoms with E-state index in [-0.39, 0.29) is 17.9 Å². The highest BCUT2D eigenvalue weighted by Gasteiger charge is 2.42. The Hall–Kier alpha value is -1.26. The summed E-state index contributed by atoms with van der Waals surface area (Å²) >= 11 is 0. The number of anilines is 1. The Morgan fingerprint density at radius 3 is 2.24 bits per heavy atom. The molecule has 1 atom stereocenters. The van der Waals surface area contributed by atoms with E-state index in [4.69, 9.17) is 5.73 Å².